The van der Waals surface area contributed by atoms with Gasteiger partial charge in [-0.05, 0) is 98.2 Å². The number of thiophene rings is 1. The minimum absolute atomic E-state index is 0.0644. The average Bonchev–Trinajstić information content (AvgIpc) is 3.67. The zero-order chi connectivity index (χ0) is 35.6. The van der Waals surface area contributed by atoms with E-state index in [0.717, 1.165) is 71.2 Å². The molecule has 2 spiro atoms. The summed E-state index contributed by atoms with van der Waals surface area (Å²) in [7, 11) is 0. The molecule has 3 saturated carbocycles. The smallest absolute Gasteiger partial charge is 0.199 e. The van der Waals surface area contributed by atoms with Gasteiger partial charge in [0.25, 0.3) is 0 Å². The molecule has 1 heterocycles. The number of fused-ring (bicyclic) bond motifs is 2. The highest BCUT2D eigenvalue weighted by molar-refractivity contribution is 7.21. The molecule has 7 heteroatoms. The summed E-state index contributed by atoms with van der Waals surface area (Å²) in [6.07, 6.45) is 12.7. The Kier molecular flexibility index (Phi) is 9.04. The van der Waals surface area contributed by atoms with Gasteiger partial charge in [-0.1, -0.05) is 87.5 Å². The van der Waals surface area contributed by atoms with Crippen molar-refractivity contribution in [1.29, 1.82) is 0 Å². The topological polar surface area (TPSA) is 90.2 Å². The Labute approximate surface area is 307 Å². The molecule has 0 aliphatic heterocycles. The van der Waals surface area contributed by atoms with E-state index in [-0.39, 0.29) is 41.2 Å². The van der Waals surface area contributed by atoms with Crippen LogP contribution >= 0.6 is 11.3 Å². The molecule has 3 fully saturated rings. The van der Waals surface area contributed by atoms with E-state index in [1.807, 2.05) is 42.5 Å². The van der Waals surface area contributed by atoms with Gasteiger partial charge in [-0.2, -0.15) is 0 Å². The molecule has 1 unspecified atom stereocenters. The van der Waals surface area contributed by atoms with Crippen molar-refractivity contribution in [3.05, 3.63) is 94.9 Å². The molecule has 51 heavy (non-hydrogen) atoms. The number of carbonyl (C=O) groups is 1. The van der Waals surface area contributed by atoms with Crippen molar-refractivity contribution in [2.75, 3.05) is 26.2 Å². The number of hydrogen-bond donors (Lipinski definition) is 3. The lowest BCUT2D eigenvalue weighted by atomic mass is 9.32. The SMILES string of the molecule is CCCN(C[C@@H](O)COCc1ccccc1)C[C@]1(O)CC[C@H]2[C@]34C=C[C@@]5(C=C3C(=O)c3cc6ccccc6s3)CC(O)CC[C@]5(C)[C@H]4CC[C@@]21C. The third-order valence-corrected chi connectivity index (χ3v) is 15.6. The maximum atomic E-state index is 15.0. The molecule has 9 atom stereocenters. The van der Waals surface area contributed by atoms with Crippen LogP contribution in [0.1, 0.15) is 87.4 Å². The van der Waals surface area contributed by atoms with Crippen molar-refractivity contribution in [2.45, 2.75) is 96.6 Å². The van der Waals surface area contributed by atoms with Gasteiger partial charge in [0.15, 0.2) is 5.78 Å². The van der Waals surface area contributed by atoms with Gasteiger partial charge in [0, 0.05) is 39.6 Å². The maximum Gasteiger partial charge on any atom is 0.199 e. The number of nitrogens with zero attached hydrogens (tertiary/aromatic N) is 1. The highest BCUT2D eigenvalue weighted by atomic mass is 32.1. The first-order chi connectivity index (χ1) is 24.5. The Morgan fingerprint density at radius 3 is 2.49 bits per heavy atom. The molecule has 6 aliphatic rings. The van der Waals surface area contributed by atoms with E-state index in [9.17, 15) is 15.3 Å². The standard InChI is InChI=1S/C44H55NO5S/c1-4-22-45(26-33(47)28-50-27-30-10-6-5-7-11-30)29-43(49)19-16-38-41(43,3)18-15-37-40(2)17-14-32(46)24-42(40)20-21-44(37,38)34(25-42)39(48)36-23-31-12-8-9-13-35(31)51-36/h5-13,20-21,23,25,32-33,37-38,46-47,49H,4,14-19,22,24,26-29H2,1-3H3/t32?,33-,37-,38-,40-,41+,42+,43-,44-/m1/s1. The quantitative estimate of drug-likeness (QED) is 0.131. The first kappa shape index (κ1) is 35.4. The van der Waals surface area contributed by atoms with Crippen LogP contribution in [0.2, 0.25) is 0 Å². The van der Waals surface area contributed by atoms with Gasteiger partial charge in [-0.25, -0.2) is 0 Å². The third-order valence-electron chi connectivity index (χ3n) is 14.5. The molecule has 3 aromatic rings. The van der Waals surface area contributed by atoms with Crippen LogP contribution < -0.4 is 0 Å². The van der Waals surface area contributed by atoms with Crippen LogP contribution in [0.5, 0.6) is 0 Å². The van der Waals surface area contributed by atoms with Gasteiger partial charge < -0.3 is 20.1 Å². The number of carbonyl (C=O) groups excluding carboxylic acids is 1. The van der Waals surface area contributed by atoms with Crippen LogP contribution in [0.15, 0.2) is 84.5 Å². The molecule has 0 amide bonds. The zero-order valence-corrected chi connectivity index (χ0v) is 31.3. The monoisotopic (exact) mass is 709 g/mol. The summed E-state index contributed by atoms with van der Waals surface area (Å²) in [6, 6.07) is 20.3. The van der Waals surface area contributed by atoms with Crippen LogP contribution in [0.25, 0.3) is 10.1 Å². The fourth-order valence-corrected chi connectivity index (χ4v) is 13.0. The number of aliphatic hydroxyl groups is 3. The Balaban J connectivity index is 1.11. The lowest BCUT2D eigenvalue weighted by molar-refractivity contribution is -0.177. The number of rotatable bonds is 12. The van der Waals surface area contributed by atoms with Gasteiger partial charge in [-0.15, -0.1) is 11.3 Å². The minimum Gasteiger partial charge on any atom is -0.393 e. The molecule has 2 bridgehead atoms. The molecule has 3 N–H and O–H groups in total. The first-order valence-corrected chi connectivity index (χ1v) is 20.2. The molecular weight excluding hydrogens is 655 g/mol. The largest absolute Gasteiger partial charge is 0.393 e. The van der Waals surface area contributed by atoms with E-state index < -0.39 is 22.5 Å². The predicted octanol–water partition coefficient (Wildman–Crippen LogP) is 7.96. The fourth-order valence-electron chi connectivity index (χ4n) is 12.0. The van der Waals surface area contributed by atoms with Crippen molar-refractivity contribution >= 4 is 27.2 Å². The van der Waals surface area contributed by atoms with Gasteiger partial charge in [0.05, 0.1) is 35.9 Å². The second-order valence-electron chi connectivity index (χ2n) is 17.2. The average molecular weight is 710 g/mol. The molecule has 2 aromatic carbocycles. The van der Waals surface area contributed by atoms with Crippen molar-refractivity contribution in [3.8, 4) is 0 Å². The minimum atomic E-state index is -0.966. The predicted molar refractivity (Wildman–Crippen MR) is 204 cm³/mol. The molecule has 272 valence electrons. The van der Waals surface area contributed by atoms with Crippen molar-refractivity contribution in [1.82, 2.24) is 4.90 Å². The summed E-state index contributed by atoms with van der Waals surface area (Å²) in [4.78, 5) is 18.0. The van der Waals surface area contributed by atoms with Crippen LogP contribution in [-0.2, 0) is 11.3 Å². The molecular formula is C44H55NO5S. The van der Waals surface area contributed by atoms with Crippen molar-refractivity contribution < 1.29 is 24.9 Å². The molecule has 9 rings (SSSR count). The normalized spacial score (nSPS) is 37.2. The summed E-state index contributed by atoms with van der Waals surface area (Å²) in [6.45, 7) is 9.31. The summed E-state index contributed by atoms with van der Waals surface area (Å²) < 4.78 is 7.02. The van der Waals surface area contributed by atoms with E-state index in [2.05, 4.69) is 62.1 Å². The molecule has 0 radical (unpaired) electrons. The van der Waals surface area contributed by atoms with Crippen LogP contribution in [-0.4, -0.2) is 70.1 Å². The van der Waals surface area contributed by atoms with E-state index in [1.54, 1.807) is 11.3 Å². The van der Waals surface area contributed by atoms with Crippen LogP contribution in [0, 0.1) is 33.5 Å². The maximum absolute atomic E-state index is 15.0. The zero-order valence-electron chi connectivity index (χ0n) is 30.5. The van der Waals surface area contributed by atoms with Gasteiger partial charge in [-0.3, -0.25) is 9.69 Å². The highest BCUT2D eigenvalue weighted by Gasteiger charge is 2.74. The lowest BCUT2D eigenvalue weighted by Crippen LogP contribution is -2.67. The lowest BCUT2D eigenvalue weighted by Gasteiger charge is -2.71. The van der Waals surface area contributed by atoms with E-state index in [4.69, 9.17) is 4.74 Å². The fraction of sp³-hybridized carbons (Fsp3) is 0.568. The van der Waals surface area contributed by atoms with Gasteiger partial charge >= 0.3 is 0 Å². The number of ketones is 1. The summed E-state index contributed by atoms with van der Waals surface area (Å²) in [5.41, 5.74) is -0.293. The molecule has 6 nitrogen and oxygen atoms in total. The van der Waals surface area contributed by atoms with E-state index in [0.29, 0.717) is 32.5 Å². The Morgan fingerprint density at radius 2 is 1.71 bits per heavy atom. The second-order valence-corrected chi connectivity index (χ2v) is 18.3. The second kappa shape index (κ2) is 13.0. The molecule has 1 aromatic heterocycles. The number of Topliss-reactive ketones (excluding diaryl/α,β-unsaturated/α-hetero) is 1. The van der Waals surface area contributed by atoms with Crippen molar-refractivity contribution in [2.24, 2.45) is 33.5 Å². The number of ether oxygens (including phenoxy) is 1. The number of allylic oxidation sites excluding steroid dienone is 4. The number of hydrogen-bond acceptors (Lipinski definition) is 7. The van der Waals surface area contributed by atoms with Gasteiger partial charge in [0.1, 0.15) is 0 Å². The van der Waals surface area contributed by atoms with E-state index >= 15 is 4.79 Å². The first-order valence-electron chi connectivity index (χ1n) is 19.4. The Bertz CT molecular complexity index is 1800. The van der Waals surface area contributed by atoms with Crippen LogP contribution in [0.4, 0.5) is 0 Å². The summed E-state index contributed by atoms with van der Waals surface area (Å²) in [5, 5.41) is 36.2. The van der Waals surface area contributed by atoms with Gasteiger partial charge in [0.2, 0.25) is 0 Å². The highest BCUT2D eigenvalue weighted by Crippen LogP contribution is 2.78. The summed E-state index contributed by atoms with van der Waals surface area (Å²) >= 11 is 1.58. The van der Waals surface area contributed by atoms with Crippen LogP contribution in [0.3, 0.4) is 0 Å². The van der Waals surface area contributed by atoms with E-state index in [1.165, 1.54) is 0 Å². The number of benzene rings is 2. The number of aliphatic hydroxyl groups excluding tert-OH is 2. The van der Waals surface area contributed by atoms with Crippen molar-refractivity contribution in [3.63, 3.8) is 0 Å². The third kappa shape index (κ3) is 5.48. The molecule has 0 saturated heterocycles. The summed E-state index contributed by atoms with van der Waals surface area (Å²) in [5.74, 6) is 0.480. The Morgan fingerprint density at radius 1 is 0.980 bits per heavy atom. The Hall–Kier alpha value is -2.65. The molecule has 6 aliphatic carbocycles.